The first-order valence-electron chi connectivity index (χ1n) is 10.6. The van der Waals surface area contributed by atoms with Gasteiger partial charge in [0.05, 0.1) is 36.4 Å². The predicted octanol–water partition coefficient (Wildman–Crippen LogP) is 4.49. The van der Waals surface area contributed by atoms with Crippen LogP contribution in [0.3, 0.4) is 0 Å². The van der Waals surface area contributed by atoms with Gasteiger partial charge in [0.1, 0.15) is 16.2 Å². The molecule has 0 saturated heterocycles. The van der Waals surface area contributed by atoms with Crippen molar-refractivity contribution in [1.29, 1.82) is 0 Å². The van der Waals surface area contributed by atoms with E-state index in [1.165, 1.54) is 12.0 Å². The molecule has 0 radical (unpaired) electrons. The molecule has 2 aromatic carbocycles. The van der Waals surface area contributed by atoms with E-state index in [0.29, 0.717) is 34.6 Å². The van der Waals surface area contributed by atoms with E-state index in [0.717, 1.165) is 11.3 Å². The molecule has 9 heteroatoms. The quantitative estimate of drug-likeness (QED) is 0.391. The Morgan fingerprint density at radius 3 is 2.59 bits per heavy atom. The predicted molar refractivity (Wildman–Crippen MR) is 127 cm³/mol. The Bertz CT molecular complexity index is 1490. The fourth-order valence-corrected chi connectivity index (χ4v) is 5.12. The molecule has 1 atom stereocenters. The van der Waals surface area contributed by atoms with Crippen LogP contribution in [0.25, 0.3) is 11.0 Å². The van der Waals surface area contributed by atoms with Crippen LogP contribution < -0.4 is 15.1 Å². The monoisotopic (exact) mass is 476 g/mol. The number of amides is 1. The van der Waals surface area contributed by atoms with Gasteiger partial charge in [-0.3, -0.25) is 14.5 Å². The molecule has 5 rings (SSSR count). The largest absolute Gasteiger partial charge is 0.494 e. The molecule has 34 heavy (non-hydrogen) atoms. The minimum absolute atomic E-state index is 0.0324. The minimum atomic E-state index is -0.782. The molecular weight excluding hydrogens is 456 g/mol. The van der Waals surface area contributed by atoms with Crippen molar-refractivity contribution in [1.82, 2.24) is 4.98 Å². The second-order valence-electron chi connectivity index (χ2n) is 7.65. The molecule has 1 aliphatic rings. The molecular formula is C25H20N2O6S. The molecule has 0 spiro atoms. The Morgan fingerprint density at radius 2 is 1.88 bits per heavy atom. The maximum atomic E-state index is 13.6. The van der Waals surface area contributed by atoms with Gasteiger partial charge in [-0.15, -0.1) is 0 Å². The lowest BCUT2D eigenvalue weighted by Crippen LogP contribution is -2.29. The molecule has 0 saturated carbocycles. The van der Waals surface area contributed by atoms with Crippen molar-refractivity contribution >= 4 is 39.3 Å². The number of aryl methyl sites for hydroxylation is 1. The van der Waals surface area contributed by atoms with E-state index < -0.39 is 17.9 Å². The van der Waals surface area contributed by atoms with E-state index in [1.807, 2.05) is 6.92 Å². The van der Waals surface area contributed by atoms with Gasteiger partial charge in [0.15, 0.2) is 10.6 Å². The van der Waals surface area contributed by atoms with Gasteiger partial charge < -0.3 is 13.9 Å². The average Bonchev–Trinajstić information content (AvgIpc) is 3.37. The summed E-state index contributed by atoms with van der Waals surface area (Å²) in [5.74, 6) is -0.397. The van der Waals surface area contributed by atoms with Crippen molar-refractivity contribution in [3.8, 4) is 5.75 Å². The maximum absolute atomic E-state index is 13.6. The molecule has 3 heterocycles. The highest BCUT2D eigenvalue weighted by Crippen LogP contribution is 2.43. The fourth-order valence-electron chi connectivity index (χ4n) is 4.11. The van der Waals surface area contributed by atoms with Crippen LogP contribution in [0.1, 0.15) is 50.0 Å². The fraction of sp³-hybridized carbons (Fsp3) is 0.200. The molecule has 1 amide bonds. The maximum Gasteiger partial charge on any atom is 0.350 e. The molecule has 0 unspecified atom stereocenters. The second kappa shape index (κ2) is 8.42. The summed E-state index contributed by atoms with van der Waals surface area (Å²) in [5, 5.41) is 0.661. The highest BCUT2D eigenvalue weighted by atomic mass is 32.1. The number of carbonyl (C=O) groups is 2. The first-order chi connectivity index (χ1) is 16.4. The zero-order valence-electron chi connectivity index (χ0n) is 18.7. The van der Waals surface area contributed by atoms with Gasteiger partial charge in [0.2, 0.25) is 5.76 Å². The molecule has 0 fully saturated rings. The lowest BCUT2D eigenvalue weighted by Gasteiger charge is -2.22. The number of hydrogen-bond donors (Lipinski definition) is 0. The third-order valence-electron chi connectivity index (χ3n) is 5.65. The summed E-state index contributed by atoms with van der Waals surface area (Å²) in [6.07, 6.45) is 0. The Morgan fingerprint density at radius 1 is 1.15 bits per heavy atom. The number of rotatable bonds is 5. The zero-order chi connectivity index (χ0) is 24.0. The highest BCUT2D eigenvalue weighted by molar-refractivity contribution is 7.17. The first-order valence-corrected chi connectivity index (χ1v) is 11.4. The number of benzene rings is 2. The number of methoxy groups -OCH3 is 1. The number of aromatic nitrogens is 1. The van der Waals surface area contributed by atoms with Crippen LogP contribution in [0.15, 0.2) is 57.7 Å². The summed E-state index contributed by atoms with van der Waals surface area (Å²) >= 11 is 1.03. The van der Waals surface area contributed by atoms with Crippen molar-refractivity contribution in [3.63, 3.8) is 0 Å². The van der Waals surface area contributed by atoms with Crippen LogP contribution in [-0.4, -0.2) is 30.6 Å². The second-order valence-corrected chi connectivity index (χ2v) is 8.63. The molecule has 0 bridgehead atoms. The van der Waals surface area contributed by atoms with Gasteiger partial charge in [0, 0.05) is 0 Å². The SMILES string of the molecule is CCOc1ccc([C@@H]2c3c(oc4ccccc4c3=O)C(=O)N2c2nc(C)c(C(=O)OC)s2)cc1. The van der Waals surface area contributed by atoms with E-state index in [9.17, 15) is 14.4 Å². The Labute approximate surface area is 198 Å². The van der Waals surface area contributed by atoms with Crippen LogP contribution in [-0.2, 0) is 4.74 Å². The topological polar surface area (TPSA) is 98.9 Å². The number of carbonyl (C=O) groups excluding carboxylic acids is 2. The molecule has 0 aliphatic carbocycles. The van der Waals surface area contributed by atoms with Crippen LogP contribution >= 0.6 is 11.3 Å². The highest BCUT2D eigenvalue weighted by Gasteiger charge is 2.45. The molecule has 2 aromatic heterocycles. The number of nitrogens with zero attached hydrogens (tertiary/aromatic N) is 2. The summed E-state index contributed by atoms with van der Waals surface area (Å²) in [6.45, 7) is 4.07. The van der Waals surface area contributed by atoms with Gasteiger partial charge in [-0.1, -0.05) is 35.6 Å². The van der Waals surface area contributed by atoms with Gasteiger partial charge >= 0.3 is 5.97 Å². The van der Waals surface area contributed by atoms with Gasteiger partial charge in [-0.2, -0.15) is 0 Å². The number of ether oxygens (including phenoxy) is 2. The molecule has 172 valence electrons. The van der Waals surface area contributed by atoms with E-state index in [2.05, 4.69) is 4.98 Å². The number of para-hydroxylation sites is 1. The molecule has 1 aliphatic heterocycles. The third-order valence-corrected chi connectivity index (χ3v) is 6.78. The average molecular weight is 477 g/mol. The van der Waals surface area contributed by atoms with Crippen LogP contribution in [0.5, 0.6) is 5.75 Å². The Hall–Kier alpha value is -3.98. The van der Waals surface area contributed by atoms with Crippen molar-refractivity contribution in [2.24, 2.45) is 0 Å². The number of thiazole rings is 1. The molecule has 0 N–H and O–H groups in total. The summed E-state index contributed by atoms with van der Waals surface area (Å²) in [5.41, 5.74) is 1.40. The van der Waals surface area contributed by atoms with E-state index in [1.54, 1.807) is 55.5 Å². The lowest BCUT2D eigenvalue weighted by atomic mass is 9.98. The first kappa shape index (κ1) is 21.8. The summed E-state index contributed by atoms with van der Waals surface area (Å²) in [4.78, 5) is 45.6. The van der Waals surface area contributed by atoms with Crippen molar-refractivity contribution in [2.75, 3.05) is 18.6 Å². The molecule has 8 nitrogen and oxygen atoms in total. The van der Waals surface area contributed by atoms with Gasteiger partial charge in [-0.05, 0) is 43.7 Å². The summed E-state index contributed by atoms with van der Waals surface area (Å²) in [6, 6.07) is 13.2. The minimum Gasteiger partial charge on any atom is -0.494 e. The van der Waals surface area contributed by atoms with Crippen LogP contribution in [0, 0.1) is 6.92 Å². The van der Waals surface area contributed by atoms with Crippen LogP contribution in [0.2, 0.25) is 0 Å². The van der Waals surface area contributed by atoms with Crippen molar-refractivity contribution in [2.45, 2.75) is 19.9 Å². The third kappa shape index (κ3) is 3.36. The molecule has 4 aromatic rings. The lowest BCUT2D eigenvalue weighted by molar-refractivity contribution is 0.0605. The normalized spacial score (nSPS) is 15.0. The smallest absolute Gasteiger partial charge is 0.350 e. The standard InChI is InChI=1S/C25H20N2O6S/c1-4-32-15-11-9-14(10-12-15)19-18-20(28)16-7-5-6-8-17(16)33-21(18)23(29)27(19)25-26-13(2)22(34-25)24(30)31-3/h5-12,19H,4H2,1-3H3/t19-/m1/s1. The Kier molecular flexibility index (Phi) is 5.41. The number of hydrogen-bond acceptors (Lipinski definition) is 8. The Balaban J connectivity index is 1.74. The van der Waals surface area contributed by atoms with Crippen LogP contribution in [0.4, 0.5) is 5.13 Å². The van der Waals surface area contributed by atoms with E-state index in [4.69, 9.17) is 13.9 Å². The van der Waals surface area contributed by atoms with Crippen molar-refractivity contribution in [3.05, 3.63) is 86.2 Å². The number of fused-ring (bicyclic) bond motifs is 2. The van der Waals surface area contributed by atoms with Gasteiger partial charge in [-0.25, -0.2) is 9.78 Å². The van der Waals surface area contributed by atoms with Gasteiger partial charge in [0.25, 0.3) is 5.91 Å². The summed E-state index contributed by atoms with van der Waals surface area (Å²) < 4.78 is 16.3. The number of anilines is 1. The summed E-state index contributed by atoms with van der Waals surface area (Å²) in [7, 11) is 1.29. The van der Waals surface area contributed by atoms with E-state index >= 15 is 0 Å². The van der Waals surface area contributed by atoms with Crippen molar-refractivity contribution < 1.29 is 23.5 Å². The van der Waals surface area contributed by atoms with E-state index in [-0.39, 0.29) is 26.8 Å². The zero-order valence-corrected chi connectivity index (χ0v) is 19.5. The number of esters is 1.